The lowest BCUT2D eigenvalue weighted by Gasteiger charge is -2.21. The Labute approximate surface area is 243 Å². The van der Waals surface area contributed by atoms with Gasteiger partial charge in [0.15, 0.2) is 0 Å². The monoisotopic (exact) mass is 592 g/mol. The number of aryl methyl sites for hydroxylation is 3. The topological polar surface area (TPSA) is 121 Å². The highest BCUT2D eigenvalue weighted by Gasteiger charge is 2.26. The van der Waals surface area contributed by atoms with Gasteiger partial charge in [-0.05, 0) is 86.0 Å². The minimum Gasteiger partial charge on any atom is -0.459 e. The first-order valence-corrected chi connectivity index (χ1v) is 14.4. The normalized spacial score (nSPS) is 11.6. The number of amides is 2. The van der Waals surface area contributed by atoms with Crippen LogP contribution in [0.25, 0.3) is 0 Å². The molecule has 0 atom stereocenters. The van der Waals surface area contributed by atoms with Gasteiger partial charge in [-0.1, -0.05) is 47.5 Å². The quantitative estimate of drug-likeness (QED) is 0.154. The molecule has 4 rings (SSSR count). The zero-order valence-corrected chi connectivity index (χ0v) is 24.3. The van der Waals surface area contributed by atoms with Gasteiger partial charge in [0.1, 0.15) is 11.5 Å². The molecule has 0 aliphatic carbocycles. The SMILES string of the molecule is Cc1ccc(S(=O)(=O)N(Cc2ccc(Cl)cc2)Cc2ccc(/C=N/NC(=O)C(=O)Nc3cc(C)cc(C)c3)o2)cc1. The third-order valence-corrected chi connectivity index (χ3v) is 8.05. The lowest BCUT2D eigenvalue weighted by Crippen LogP contribution is -2.32. The van der Waals surface area contributed by atoms with E-state index >= 15 is 0 Å². The van der Waals surface area contributed by atoms with Crippen LogP contribution in [0.5, 0.6) is 0 Å². The van der Waals surface area contributed by atoms with Gasteiger partial charge in [0.05, 0.1) is 17.7 Å². The van der Waals surface area contributed by atoms with Crippen LogP contribution in [0, 0.1) is 20.8 Å². The molecule has 0 bridgehead atoms. The molecule has 4 aromatic rings. The van der Waals surface area contributed by atoms with Gasteiger partial charge < -0.3 is 9.73 Å². The smallest absolute Gasteiger partial charge is 0.329 e. The Balaban J connectivity index is 1.44. The number of hydrogen-bond acceptors (Lipinski definition) is 6. The Hall–Kier alpha value is -4.25. The molecule has 41 heavy (non-hydrogen) atoms. The van der Waals surface area contributed by atoms with Gasteiger partial charge in [-0.2, -0.15) is 9.41 Å². The summed E-state index contributed by atoms with van der Waals surface area (Å²) in [5.74, 6) is -1.21. The van der Waals surface area contributed by atoms with Crippen molar-refractivity contribution < 1.29 is 22.4 Å². The zero-order valence-electron chi connectivity index (χ0n) is 22.7. The van der Waals surface area contributed by atoms with Crippen molar-refractivity contribution >= 4 is 45.3 Å². The number of carbonyl (C=O) groups excluding carboxylic acids is 2. The average molecular weight is 593 g/mol. The number of nitrogens with one attached hydrogen (secondary N) is 2. The Morgan fingerprint density at radius 3 is 2.17 bits per heavy atom. The molecule has 2 N–H and O–H groups in total. The van der Waals surface area contributed by atoms with Gasteiger partial charge in [0.25, 0.3) is 0 Å². The number of carbonyl (C=O) groups is 2. The van der Waals surface area contributed by atoms with E-state index in [0.29, 0.717) is 16.5 Å². The molecule has 0 aliphatic heterocycles. The van der Waals surface area contributed by atoms with E-state index in [1.54, 1.807) is 72.8 Å². The number of anilines is 1. The van der Waals surface area contributed by atoms with E-state index in [9.17, 15) is 18.0 Å². The van der Waals surface area contributed by atoms with E-state index in [2.05, 4.69) is 15.8 Å². The number of hydrazone groups is 1. The highest BCUT2D eigenvalue weighted by atomic mass is 35.5. The lowest BCUT2D eigenvalue weighted by atomic mass is 10.1. The number of nitrogens with zero attached hydrogens (tertiary/aromatic N) is 2. The van der Waals surface area contributed by atoms with Crippen LogP contribution in [0.1, 0.15) is 33.8 Å². The van der Waals surface area contributed by atoms with Crippen molar-refractivity contribution in [2.75, 3.05) is 5.32 Å². The summed E-state index contributed by atoms with van der Waals surface area (Å²) in [7, 11) is -3.88. The van der Waals surface area contributed by atoms with Crippen LogP contribution in [0.3, 0.4) is 0 Å². The molecule has 0 aliphatic rings. The Bertz CT molecular complexity index is 1660. The second-order valence-corrected chi connectivity index (χ2v) is 11.9. The highest BCUT2D eigenvalue weighted by molar-refractivity contribution is 7.89. The first-order valence-electron chi connectivity index (χ1n) is 12.6. The van der Waals surface area contributed by atoms with Crippen molar-refractivity contribution in [2.24, 2.45) is 5.10 Å². The molecule has 0 saturated carbocycles. The summed E-state index contributed by atoms with van der Waals surface area (Å²) >= 11 is 6.00. The van der Waals surface area contributed by atoms with Crippen LogP contribution in [-0.4, -0.2) is 30.8 Å². The first-order chi connectivity index (χ1) is 19.5. The molecule has 11 heteroatoms. The van der Waals surface area contributed by atoms with Crippen LogP contribution in [0.2, 0.25) is 5.02 Å². The van der Waals surface area contributed by atoms with Crippen molar-refractivity contribution in [1.29, 1.82) is 0 Å². The van der Waals surface area contributed by atoms with Crippen LogP contribution in [0.4, 0.5) is 5.69 Å². The third-order valence-electron chi connectivity index (χ3n) is 5.99. The fraction of sp³-hybridized carbons (Fsp3) is 0.167. The molecule has 3 aromatic carbocycles. The van der Waals surface area contributed by atoms with Gasteiger partial charge in [0, 0.05) is 17.3 Å². The summed E-state index contributed by atoms with van der Waals surface area (Å²) in [6.07, 6.45) is 1.23. The van der Waals surface area contributed by atoms with Gasteiger partial charge in [-0.25, -0.2) is 13.8 Å². The van der Waals surface area contributed by atoms with Gasteiger partial charge in [0.2, 0.25) is 10.0 Å². The second-order valence-electron chi connectivity index (χ2n) is 9.55. The molecular weight excluding hydrogens is 564 g/mol. The van der Waals surface area contributed by atoms with E-state index in [0.717, 1.165) is 22.3 Å². The summed E-state index contributed by atoms with van der Waals surface area (Å²) in [4.78, 5) is 24.5. The molecule has 1 heterocycles. The lowest BCUT2D eigenvalue weighted by molar-refractivity contribution is -0.136. The van der Waals surface area contributed by atoms with Crippen LogP contribution < -0.4 is 10.7 Å². The first kappa shape index (κ1) is 29.7. The van der Waals surface area contributed by atoms with E-state index in [4.69, 9.17) is 16.0 Å². The van der Waals surface area contributed by atoms with Crippen LogP contribution in [-0.2, 0) is 32.7 Å². The number of furan rings is 1. The second kappa shape index (κ2) is 12.9. The Morgan fingerprint density at radius 2 is 1.51 bits per heavy atom. The molecule has 2 amide bonds. The summed E-state index contributed by atoms with van der Waals surface area (Å²) in [5.41, 5.74) is 6.26. The summed E-state index contributed by atoms with van der Waals surface area (Å²) in [6.45, 7) is 5.69. The zero-order chi connectivity index (χ0) is 29.6. The number of sulfonamides is 1. The highest BCUT2D eigenvalue weighted by Crippen LogP contribution is 2.23. The third kappa shape index (κ3) is 8.14. The number of benzene rings is 3. The van der Waals surface area contributed by atoms with Gasteiger partial charge >= 0.3 is 11.8 Å². The fourth-order valence-corrected chi connectivity index (χ4v) is 5.56. The van der Waals surface area contributed by atoms with Crippen molar-refractivity contribution in [2.45, 2.75) is 38.8 Å². The van der Waals surface area contributed by atoms with E-state index < -0.39 is 21.8 Å². The molecule has 0 saturated heterocycles. The summed E-state index contributed by atoms with van der Waals surface area (Å²) < 4.78 is 34.2. The Morgan fingerprint density at radius 1 is 0.854 bits per heavy atom. The van der Waals surface area contributed by atoms with Crippen molar-refractivity contribution in [3.05, 3.63) is 118 Å². The molecule has 9 nitrogen and oxygen atoms in total. The standard InChI is InChI=1S/C30H29ClN4O5S/c1-20-4-12-28(13-5-20)41(38,39)35(18-23-6-8-24(31)9-7-23)19-27-11-10-26(40-27)17-32-34-30(37)29(36)33-25-15-21(2)14-22(3)16-25/h4-17H,18-19H2,1-3H3,(H,33,36)(H,34,37)/b32-17+. The molecule has 0 fully saturated rings. The molecule has 0 radical (unpaired) electrons. The maximum Gasteiger partial charge on any atom is 0.329 e. The van der Waals surface area contributed by atoms with E-state index in [1.165, 1.54) is 10.5 Å². The minimum atomic E-state index is -3.88. The minimum absolute atomic E-state index is 0.0582. The summed E-state index contributed by atoms with van der Waals surface area (Å²) in [6, 6.07) is 22.2. The van der Waals surface area contributed by atoms with Crippen LogP contribution >= 0.6 is 11.6 Å². The van der Waals surface area contributed by atoms with E-state index in [-0.39, 0.29) is 23.7 Å². The summed E-state index contributed by atoms with van der Waals surface area (Å²) in [5, 5.41) is 6.87. The van der Waals surface area contributed by atoms with Crippen molar-refractivity contribution in [3.8, 4) is 0 Å². The largest absolute Gasteiger partial charge is 0.459 e. The average Bonchev–Trinajstić information content (AvgIpc) is 3.36. The van der Waals surface area contributed by atoms with Crippen LogP contribution in [0.15, 0.2) is 93.3 Å². The fourth-order valence-electron chi connectivity index (χ4n) is 4.04. The molecule has 212 valence electrons. The predicted octanol–water partition coefficient (Wildman–Crippen LogP) is 5.34. The maximum absolute atomic E-state index is 13.6. The number of halogens is 1. The number of hydrogen-bond donors (Lipinski definition) is 2. The molecule has 1 aromatic heterocycles. The number of rotatable bonds is 9. The predicted molar refractivity (Wildman–Crippen MR) is 158 cm³/mol. The van der Waals surface area contributed by atoms with Gasteiger partial charge in [-0.15, -0.1) is 0 Å². The maximum atomic E-state index is 13.6. The van der Waals surface area contributed by atoms with Crippen molar-refractivity contribution in [1.82, 2.24) is 9.73 Å². The van der Waals surface area contributed by atoms with Crippen molar-refractivity contribution in [3.63, 3.8) is 0 Å². The molecular formula is C30H29ClN4O5S. The molecule has 0 unspecified atom stereocenters. The molecule has 0 spiro atoms. The Kier molecular flexibility index (Phi) is 9.38. The van der Waals surface area contributed by atoms with Gasteiger partial charge in [-0.3, -0.25) is 9.59 Å². The van der Waals surface area contributed by atoms with E-state index in [1.807, 2.05) is 26.8 Å².